The highest BCUT2D eigenvalue weighted by Crippen LogP contribution is 2.42. The van der Waals surface area contributed by atoms with Gasteiger partial charge in [-0.1, -0.05) is 13.3 Å². The largest absolute Gasteiger partial charge is 0.460 e. The van der Waals surface area contributed by atoms with E-state index in [9.17, 15) is 9.59 Å². The smallest absolute Gasteiger partial charge is 0.306 e. The van der Waals surface area contributed by atoms with Crippen LogP contribution in [0, 0.1) is 5.41 Å². The van der Waals surface area contributed by atoms with E-state index in [1.54, 1.807) is 0 Å². The standard InChI is InChI=1S/C15H27NO3/c1-5-15(9-6-10-15)11-16-12(17)7-8-13(18)19-14(2,3)4/h5-11H2,1-4H3,(H,16,17). The summed E-state index contributed by atoms with van der Waals surface area (Å²) < 4.78 is 5.17. The lowest BCUT2D eigenvalue weighted by atomic mass is 9.67. The summed E-state index contributed by atoms with van der Waals surface area (Å²) in [5.41, 5.74) is -0.159. The number of amides is 1. The number of nitrogens with one attached hydrogen (secondary N) is 1. The van der Waals surface area contributed by atoms with Gasteiger partial charge in [-0.25, -0.2) is 0 Å². The zero-order chi connectivity index (χ0) is 14.5. The molecular formula is C15H27NO3. The first-order chi connectivity index (χ1) is 8.76. The molecule has 0 bridgehead atoms. The van der Waals surface area contributed by atoms with E-state index in [1.165, 1.54) is 19.3 Å². The molecule has 4 heteroatoms. The molecule has 4 nitrogen and oxygen atoms in total. The van der Waals surface area contributed by atoms with E-state index in [-0.39, 0.29) is 24.7 Å². The van der Waals surface area contributed by atoms with Crippen molar-refractivity contribution in [3.8, 4) is 0 Å². The SMILES string of the molecule is CCC1(CNC(=O)CCC(=O)OC(C)(C)C)CCC1. The molecule has 0 saturated heterocycles. The van der Waals surface area contributed by atoms with Crippen molar-refractivity contribution >= 4 is 11.9 Å². The Morgan fingerprint density at radius 1 is 1.21 bits per heavy atom. The molecule has 0 radical (unpaired) electrons. The minimum Gasteiger partial charge on any atom is -0.460 e. The number of ether oxygens (including phenoxy) is 1. The Morgan fingerprint density at radius 3 is 2.26 bits per heavy atom. The van der Waals surface area contributed by atoms with Gasteiger partial charge in [-0.05, 0) is 45.4 Å². The fourth-order valence-electron chi connectivity index (χ4n) is 2.31. The van der Waals surface area contributed by atoms with Crippen LogP contribution in [0.1, 0.15) is 66.2 Å². The summed E-state index contributed by atoms with van der Waals surface area (Å²) in [5, 5.41) is 2.95. The Labute approximate surface area is 116 Å². The molecule has 0 heterocycles. The van der Waals surface area contributed by atoms with Gasteiger partial charge in [0.1, 0.15) is 5.60 Å². The average Bonchev–Trinajstić information content (AvgIpc) is 2.23. The van der Waals surface area contributed by atoms with Crippen LogP contribution in [0.3, 0.4) is 0 Å². The third-order valence-corrected chi connectivity index (χ3v) is 3.80. The number of hydrogen-bond donors (Lipinski definition) is 1. The van der Waals surface area contributed by atoms with Gasteiger partial charge in [0.25, 0.3) is 0 Å². The number of rotatable bonds is 6. The molecule has 0 aromatic rings. The van der Waals surface area contributed by atoms with Gasteiger partial charge in [0.15, 0.2) is 0 Å². The molecule has 1 aliphatic rings. The van der Waals surface area contributed by atoms with Crippen LogP contribution in [0.5, 0.6) is 0 Å². The summed E-state index contributed by atoms with van der Waals surface area (Å²) in [6.45, 7) is 8.40. The summed E-state index contributed by atoms with van der Waals surface area (Å²) in [4.78, 5) is 23.2. The Morgan fingerprint density at radius 2 is 1.84 bits per heavy atom. The van der Waals surface area contributed by atoms with E-state index < -0.39 is 5.60 Å². The van der Waals surface area contributed by atoms with Crippen molar-refractivity contribution in [2.45, 2.75) is 71.8 Å². The third-order valence-electron chi connectivity index (χ3n) is 3.80. The van der Waals surface area contributed by atoms with E-state index in [2.05, 4.69) is 12.2 Å². The van der Waals surface area contributed by atoms with Gasteiger partial charge in [0.2, 0.25) is 5.91 Å². The van der Waals surface area contributed by atoms with Crippen LogP contribution < -0.4 is 5.32 Å². The quantitative estimate of drug-likeness (QED) is 0.754. The highest BCUT2D eigenvalue weighted by molar-refractivity contribution is 5.81. The zero-order valence-corrected chi connectivity index (χ0v) is 12.7. The Balaban J connectivity index is 2.19. The second kappa shape index (κ2) is 6.40. The maximum atomic E-state index is 11.7. The van der Waals surface area contributed by atoms with Crippen LogP contribution in [0.2, 0.25) is 0 Å². The van der Waals surface area contributed by atoms with Crippen molar-refractivity contribution in [1.29, 1.82) is 0 Å². The summed E-state index contributed by atoms with van der Waals surface area (Å²) >= 11 is 0. The van der Waals surface area contributed by atoms with Crippen molar-refractivity contribution in [3.63, 3.8) is 0 Å². The Bertz CT molecular complexity index is 321. The monoisotopic (exact) mass is 269 g/mol. The van der Waals surface area contributed by atoms with Crippen molar-refractivity contribution in [3.05, 3.63) is 0 Å². The molecule has 1 rings (SSSR count). The van der Waals surface area contributed by atoms with Crippen LogP contribution in [0.4, 0.5) is 0 Å². The Kier molecular flexibility index (Phi) is 5.39. The van der Waals surface area contributed by atoms with Gasteiger partial charge in [-0.15, -0.1) is 0 Å². The number of carbonyl (C=O) groups is 2. The molecular weight excluding hydrogens is 242 g/mol. The molecule has 19 heavy (non-hydrogen) atoms. The van der Waals surface area contributed by atoms with E-state index in [4.69, 9.17) is 4.74 Å². The summed E-state index contributed by atoms with van der Waals surface area (Å²) in [5.74, 6) is -0.359. The molecule has 0 unspecified atom stereocenters. The molecule has 1 aliphatic carbocycles. The fourth-order valence-corrected chi connectivity index (χ4v) is 2.31. The maximum Gasteiger partial charge on any atom is 0.306 e. The first-order valence-electron chi connectivity index (χ1n) is 7.25. The number of carbonyl (C=O) groups excluding carboxylic acids is 2. The lowest BCUT2D eigenvalue weighted by molar-refractivity contribution is -0.155. The lowest BCUT2D eigenvalue weighted by Crippen LogP contribution is -2.41. The van der Waals surface area contributed by atoms with E-state index >= 15 is 0 Å². The topological polar surface area (TPSA) is 55.4 Å². The van der Waals surface area contributed by atoms with Crippen LogP contribution in [0.25, 0.3) is 0 Å². The minimum absolute atomic E-state index is 0.0504. The Hall–Kier alpha value is -1.06. The molecule has 110 valence electrons. The van der Waals surface area contributed by atoms with E-state index in [1.807, 2.05) is 20.8 Å². The van der Waals surface area contributed by atoms with Crippen molar-refractivity contribution in [2.75, 3.05) is 6.54 Å². The molecule has 0 aromatic heterocycles. The molecule has 1 saturated carbocycles. The van der Waals surface area contributed by atoms with Crippen LogP contribution in [0.15, 0.2) is 0 Å². The molecule has 1 fully saturated rings. The lowest BCUT2D eigenvalue weighted by Gasteiger charge is -2.41. The second-order valence-corrected chi connectivity index (χ2v) is 6.57. The minimum atomic E-state index is -0.480. The fraction of sp³-hybridized carbons (Fsp3) is 0.867. The van der Waals surface area contributed by atoms with Crippen molar-refractivity contribution in [1.82, 2.24) is 5.32 Å². The van der Waals surface area contributed by atoms with Crippen LogP contribution in [-0.2, 0) is 14.3 Å². The van der Waals surface area contributed by atoms with Crippen molar-refractivity contribution < 1.29 is 14.3 Å². The molecule has 0 aliphatic heterocycles. The van der Waals surface area contributed by atoms with Gasteiger partial charge in [-0.3, -0.25) is 9.59 Å². The summed E-state index contributed by atoms with van der Waals surface area (Å²) in [7, 11) is 0. The van der Waals surface area contributed by atoms with Crippen LogP contribution >= 0.6 is 0 Å². The normalized spacial score (nSPS) is 17.5. The van der Waals surface area contributed by atoms with E-state index in [0.29, 0.717) is 5.41 Å². The molecule has 0 spiro atoms. The molecule has 0 atom stereocenters. The highest BCUT2D eigenvalue weighted by Gasteiger charge is 2.35. The highest BCUT2D eigenvalue weighted by atomic mass is 16.6. The predicted molar refractivity (Wildman–Crippen MR) is 74.7 cm³/mol. The number of esters is 1. The molecule has 0 aromatic carbocycles. The summed E-state index contributed by atoms with van der Waals surface area (Å²) in [6, 6.07) is 0. The van der Waals surface area contributed by atoms with Gasteiger partial charge in [0.05, 0.1) is 6.42 Å². The first kappa shape index (κ1) is 16.0. The average molecular weight is 269 g/mol. The van der Waals surface area contributed by atoms with Gasteiger partial charge in [0, 0.05) is 13.0 Å². The molecule has 1 N–H and O–H groups in total. The zero-order valence-electron chi connectivity index (χ0n) is 12.7. The van der Waals surface area contributed by atoms with E-state index in [0.717, 1.165) is 13.0 Å². The predicted octanol–water partition coefficient (Wildman–Crippen LogP) is 2.80. The first-order valence-corrected chi connectivity index (χ1v) is 7.25. The maximum absolute atomic E-state index is 11.7. The summed E-state index contributed by atoms with van der Waals surface area (Å²) in [6.07, 6.45) is 5.16. The third kappa shape index (κ3) is 5.62. The number of hydrogen-bond acceptors (Lipinski definition) is 3. The van der Waals surface area contributed by atoms with Gasteiger partial charge >= 0.3 is 5.97 Å². The van der Waals surface area contributed by atoms with Gasteiger partial charge in [-0.2, -0.15) is 0 Å². The second-order valence-electron chi connectivity index (χ2n) is 6.57. The van der Waals surface area contributed by atoms with Crippen molar-refractivity contribution in [2.24, 2.45) is 5.41 Å². The van der Waals surface area contributed by atoms with Crippen LogP contribution in [-0.4, -0.2) is 24.0 Å². The van der Waals surface area contributed by atoms with Gasteiger partial charge < -0.3 is 10.1 Å². The molecule has 1 amide bonds.